The predicted octanol–water partition coefficient (Wildman–Crippen LogP) is 2.20. The van der Waals surface area contributed by atoms with Gasteiger partial charge in [0.1, 0.15) is 0 Å². The number of Topliss-reactive ketones (excluding diaryl/α,β-unsaturated/α-hetero) is 1. The molecule has 1 fully saturated rings. The Bertz CT molecular complexity index is 246. The van der Waals surface area contributed by atoms with Gasteiger partial charge in [0.05, 0.1) is 0 Å². The summed E-state index contributed by atoms with van der Waals surface area (Å²) < 4.78 is 0. The SMILES string of the molecule is O=C1CCCCCCCCCCC1[N+](=O)[O-].[SrH2]. The Balaban J connectivity index is 0.00000256. The van der Waals surface area contributed by atoms with E-state index in [2.05, 4.69) is 0 Å². The van der Waals surface area contributed by atoms with E-state index in [1.807, 2.05) is 0 Å². The summed E-state index contributed by atoms with van der Waals surface area (Å²) in [6.45, 7) is 0. The summed E-state index contributed by atoms with van der Waals surface area (Å²) in [5.41, 5.74) is 0. The summed E-state index contributed by atoms with van der Waals surface area (Å²) in [7, 11) is 0. The van der Waals surface area contributed by atoms with Crippen molar-refractivity contribution in [1.29, 1.82) is 0 Å². The molecule has 0 radical (unpaired) electrons. The van der Waals surface area contributed by atoms with Gasteiger partial charge in [0.2, 0.25) is 5.78 Å². The van der Waals surface area contributed by atoms with Crippen molar-refractivity contribution in [3.8, 4) is 0 Å². The Morgan fingerprint density at radius 1 is 0.941 bits per heavy atom. The van der Waals surface area contributed by atoms with Gasteiger partial charge < -0.3 is 0 Å². The molecule has 1 aliphatic rings. The standard InChI is InChI=1S/C12H21NO3.Sr.2H/c14-12-10-8-6-4-2-1-3-5-7-9-11(12)13(15)16;;;/h11H,1-10H2;;;. The molecule has 0 spiro atoms. The zero-order chi connectivity index (χ0) is 11.8. The molecular formula is C12H23NO3Sr. The summed E-state index contributed by atoms with van der Waals surface area (Å²) in [5.74, 6) is -0.162. The minimum absolute atomic E-state index is 0. The number of hydrogen-bond donors (Lipinski definition) is 0. The summed E-state index contributed by atoms with van der Waals surface area (Å²) >= 11 is 0. The van der Waals surface area contributed by atoms with E-state index in [0.717, 1.165) is 38.5 Å². The first-order chi connectivity index (χ1) is 7.72. The van der Waals surface area contributed by atoms with Gasteiger partial charge in [0.15, 0.2) is 0 Å². The van der Waals surface area contributed by atoms with Gasteiger partial charge in [-0.15, -0.1) is 0 Å². The topological polar surface area (TPSA) is 60.2 Å². The molecule has 0 heterocycles. The first-order valence-corrected chi connectivity index (χ1v) is 6.38. The Morgan fingerprint density at radius 3 is 1.94 bits per heavy atom. The van der Waals surface area contributed by atoms with Gasteiger partial charge in [-0.1, -0.05) is 38.5 Å². The predicted molar refractivity (Wildman–Crippen MR) is 70.5 cm³/mol. The van der Waals surface area contributed by atoms with Crippen LogP contribution < -0.4 is 0 Å². The van der Waals surface area contributed by atoms with Gasteiger partial charge in [0, 0.05) is 17.8 Å². The summed E-state index contributed by atoms with van der Waals surface area (Å²) in [6.07, 6.45) is 9.32. The van der Waals surface area contributed by atoms with E-state index >= 15 is 0 Å². The molecule has 0 saturated heterocycles. The molecule has 0 aliphatic heterocycles. The first-order valence-electron chi connectivity index (χ1n) is 6.38. The second kappa shape index (κ2) is 10.5. The van der Waals surface area contributed by atoms with Crippen LogP contribution in [0, 0.1) is 10.1 Å². The Hall–Kier alpha value is 0.551. The van der Waals surface area contributed by atoms with Crippen LogP contribution in [0.1, 0.15) is 64.2 Å². The van der Waals surface area contributed by atoms with Gasteiger partial charge in [-0.3, -0.25) is 14.9 Å². The molecule has 0 amide bonds. The van der Waals surface area contributed by atoms with Crippen molar-refractivity contribution in [2.75, 3.05) is 0 Å². The molecule has 4 nitrogen and oxygen atoms in total. The maximum atomic E-state index is 11.6. The van der Waals surface area contributed by atoms with E-state index in [0.29, 0.717) is 12.8 Å². The van der Waals surface area contributed by atoms with Crippen LogP contribution in [0.2, 0.25) is 0 Å². The van der Waals surface area contributed by atoms with E-state index in [-0.39, 0.29) is 51.3 Å². The van der Waals surface area contributed by atoms with Crippen molar-refractivity contribution in [3.05, 3.63) is 10.1 Å². The molecule has 96 valence electrons. The molecule has 17 heavy (non-hydrogen) atoms. The fourth-order valence-electron chi connectivity index (χ4n) is 2.25. The summed E-state index contributed by atoms with van der Waals surface area (Å²) in [6, 6.07) is -0.931. The fraction of sp³-hybridized carbons (Fsp3) is 0.917. The molecule has 5 heteroatoms. The van der Waals surface area contributed by atoms with Gasteiger partial charge in [-0.05, 0) is 12.8 Å². The third-order valence-electron chi connectivity index (χ3n) is 3.28. The third-order valence-corrected chi connectivity index (χ3v) is 3.28. The zero-order valence-corrected chi connectivity index (χ0v) is 9.82. The second-order valence-corrected chi connectivity index (χ2v) is 4.63. The number of rotatable bonds is 1. The number of nitrogens with zero attached hydrogens (tertiary/aromatic N) is 1. The van der Waals surface area contributed by atoms with Crippen molar-refractivity contribution in [3.63, 3.8) is 0 Å². The van der Waals surface area contributed by atoms with E-state index < -0.39 is 11.0 Å². The van der Waals surface area contributed by atoms with Crippen molar-refractivity contribution in [1.82, 2.24) is 0 Å². The molecule has 0 aromatic rings. The van der Waals surface area contributed by atoms with Gasteiger partial charge >= 0.3 is 45.5 Å². The minimum atomic E-state index is -0.931. The van der Waals surface area contributed by atoms with Gasteiger partial charge in [-0.2, -0.15) is 0 Å². The van der Waals surface area contributed by atoms with Crippen LogP contribution in [0.5, 0.6) is 0 Å². The molecule has 0 aromatic heterocycles. The van der Waals surface area contributed by atoms with E-state index in [1.54, 1.807) is 0 Å². The van der Waals surface area contributed by atoms with Crippen LogP contribution in [0.25, 0.3) is 0 Å². The van der Waals surface area contributed by atoms with Crippen molar-refractivity contribution >= 4 is 51.3 Å². The quantitative estimate of drug-likeness (QED) is 0.423. The molecule has 1 aliphatic carbocycles. The normalized spacial score (nSPS) is 24.0. The van der Waals surface area contributed by atoms with Crippen molar-refractivity contribution in [2.45, 2.75) is 70.3 Å². The average Bonchev–Trinajstić information content (AvgIpc) is 2.22. The molecule has 1 rings (SSSR count). The number of nitro groups is 1. The Labute approximate surface area is 140 Å². The van der Waals surface area contributed by atoms with Gasteiger partial charge in [-0.25, -0.2) is 0 Å². The third kappa shape index (κ3) is 7.54. The maximum absolute atomic E-state index is 11.6. The Kier molecular flexibility index (Phi) is 10.8. The number of carbonyl (C=O) groups excluding carboxylic acids is 1. The molecule has 0 aromatic carbocycles. The molecular weight excluding hydrogens is 294 g/mol. The molecule has 1 unspecified atom stereocenters. The van der Waals surface area contributed by atoms with Crippen molar-refractivity contribution < 1.29 is 9.72 Å². The van der Waals surface area contributed by atoms with Crippen LogP contribution in [-0.2, 0) is 4.79 Å². The van der Waals surface area contributed by atoms with E-state index in [9.17, 15) is 14.9 Å². The van der Waals surface area contributed by atoms with Crippen LogP contribution in [0.15, 0.2) is 0 Å². The Morgan fingerprint density at radius 2 is 1.41 bits per heavy atom. The van der Waals surface area contributed by atoms with Gasteiger partial charge in [0.25, 0.3) is 6.04 Å². The molecule has 0 N–H and O–H groups in total. The second-order valence-electron chi connectivity index (χ2n) is 4.63. The fourth-order valence-corrected chi connectivity index (χ4v) is 2.25. The summed E-state index contributed by atoms with van der Waals surface area (Å²) in [5, 5.41) is 10.8. The average molecular weight is 317 g/mol. The number of hydrogen-bond acceptors (Lipinski definition) is 3. The molecule has 1 atom stereocenters. The zero-order valence-electron chi connectivity index (χ0n) is 9.82. The monoisotopic (exact) mass is 317 g/mol. The van der Waals surface area contributed by atoms with Crippen LogP contribution in [0.3, 0.4) is 0 Å². The van der Waals surface area contributed by atoms with E-state index in [4.69, 9.17) is 0 Å². The summed E-state index contributed by atoms with van der Waals surface area (Å²) in [4.78, 5) is 22.0. The van der Waals surface area contributed by atoms with Crippen molar-refractivity contribution in [2.24, 2.45) is 0 Å². The molecule has 1 saturated carbocycles. The number of carbonyl (C=O) groups is 1. The van der Waals surface area contributed by atoms with E-state index in [1.165, 1.54) is 12.8 Å². The van der Waals surface area contributed by atoms with Crippen LogP contribution >= 0.6 is 0 Å². The van der Waals surface area contributed by atoms with Crippen LogP contribution in [0.4, 0.5) is 0 Å². The molecule has 0 bridgehead atoms. The van der Waals surface area contributed by atoms with Crippen LogP contribution in [-0.4, -0.2) is 62.2 Å². The number of ketones is 1. The first kappa shape index (κ1) is 17.6.